The Balaban J connectivity index is 1.66. The van der Waals surface area contributed by atoms with Crippen molar-refractivity contribution in [2.45, 2.75) is 65.3 Å². The van der Waals surface area contributed by atoms with Crippen molar-refractivity contribution in [1.29, 1.82) is 0 Å². The molecule has 2 amide bonds. The van der Waals surface area contributed by atoms with E-state index in [-0.39, 0.29) is 28.7 Å². The van der Waals surface area contributed by atoms with Gasteiger partial charge in [0, 0.05) is 36.8 Å². The summed E-state index contributed by atoms with van der Waals surface area (Å²) in [4.78, 5) is 29.8. The van der Waals surface area contributed by atoms with Gasteiger partial charge in [-0.05, 0) is 53.1 Å². The number of hydrogen-bond acceptors (Lipinski definition) is 2. The molecule has 0 bridgehead atoms. The van der Waals surface area contributed by atoms with E-state index in [1.165, 1.54) is 11.1 Å². The van der Waals surface area contributed by atoms with Gasteiger partial charge in [-0.3, -0.25) is 9.59 Å². The van der Waals surface area contributed by atoms with Crippen LogP contribution >= 0.6 is 0 Å². The maximum atomic E-state index is 13.1. The Bertz CT molecular complexity index is 931. The topological polar surface area (TPSA) is 40.6 Å². The molecule has 1 heterocycles. The summed E-state index contributed by atoms with van der Waals surface area (Å²) in [5.41, 5.74) is 3.96. The molecule has 0 radical (unpaired) electrons. The molecule has 4 nitrogen and oxygen atoms in total. The van der Waals surface area contributed by atoms with Crippen LogP contribution in [0.25, 0.3) is 0 Å². The van der Waals surface area contributed by atoms with Crippen molar-refractivity contribution in [1.82, 2.24) is 9.80 Å². The van der Waals surface area contributed by atoms with Crippen LogP contribution in [0.4, 0.5) is 0 Å². The Labute approximate surface area is 187 Å². The fraction of sp³-hybridized carbons (Fsp3) is 0.481. The Hall–Kier alpha value is -2.62. The third kappa shape index (κ3) is 5.17. The van der Waals surface area contributed by atoms with Gasteiger partial charge in [0.1, 0.15) is 0 Å². The standard InChI is InChI=1S/C27H36N2O2/c1-19-18-28(24(30)20-8-12-22(13-9-20)26(2,3)4)16-17-29(19)25(31)21-10-14-23(15-11-21)27(5,6)7/h8-15,19H,16-18H2,1-7H3/t19-/m1/s1. The normalized spacial score (nSPS) is 17.6. The lowest BCUT2D eigenvalue weighted by molar-refractivity contribution is 0.0414. The molecular formula is C27H36N2O2. The molecule has 1 aliphatic rings. The van der Waals surface area contributed by atoms with Crippen molar-refractivity contribution in [3.8, 4) is 0 Å². The second-order valence-electron chi connectivity index (χ2n) is 10.8. The average molecular weight is 421 g/mol. The van der Waals surface area contributed by atoms with Crippen LogP contribution in [0.2, 0.25) is 0 Å². The lowest BCUT2D eigenvalue weighted by atomic mass is 9.86. The number of hydrogen-bond donors (Lipinski definition) is 0. The quantitative estimate of drug-likeness (QED) is 0.664. The fourth-order valence-corrected chi connectivity index (χ4v) is 4.02. The Kier molecular flexibility index (Phi) is 6.31. The molecule has 1 fully saturated rings. The monoisotopic (exact) mass is 420 g/mol. The van der Waals surface area contributed by atoms with Crippen LogP contribution in [-0.2, 0) is 10.8 Å². The third-order valence-corrected chi connectivity index (χ3v) is 6.17. The number of nitrogens with zero attached hydrogens (tertiary/aromatic N) is 2. The number of amides is 2. The zero-order chi connectivity index (χ0) is 23.0. The van der Waals surface area contributed by atoms with Gasteiger partial charge in [0.05, 0.1) is 0 Å². The highest BCUT2D eigenvalue weighted by Crippen LogP contribution is 2.25. The summed E-state index contributed by atoms with van der Waals surface area (Å²) in [5, 5.41) is 0. The van der Waals surface area contributed by atoms with Gasteiger partial charge in [-0.2, -0.15) is 0 Å². The maximum absolute atomic E-state index is 13.1. The van der Waals surface area contributed by atoms with E-state index in [0.717, 1.165) is 0 Å². The van der Waals surface area contributed by atoms with Crippen molar-refractivity contribution in [3.05, 3.63) is 70.8 Å². The summed E-state index contributed by atoms with van der Waals surface area (Å²) in [6.45, 7) is 16.7. The van der Waals surface area contributed by atoms with Gasteiger partial charge in [0.25, 0.3) is 11.8 Å². The number of carbonyl (C=O) groups excluding carboxylic acids is 2. The molecule has 2 aromatic carbocycles. The molecule has 0 unspecified atom stereocenters. The van der Waals surface area contributed by atoms with E-state index in [4.69, 9.17) is 0 Å². The van der Waals surface area contributed by atoms with E-state index in [2.05, 4.69) is 41.5 Å². The summed E-state index contributed by atoms with van der Waals surface area (Å²) in [7, 11) is 0. The summed E-state index contributed by atoms with van der Waals surface area (Å²) in [6, 6.07) is 15.8. The number of carbonyl (C=O) groups is 2. The minimum Gasteiger partial charge on any atom is -0.335 e. The number of benzene rings is 2. The third-order valence-electron chi connectivity index (χ3n) is 6.17. The Morgan fingerprint density at radius 1 is 0.710 bits per heavy atom. The summed E-state index contributed by atoms with van der Waals surface area (Å²) < 4.78 is 0. The van der Waals surface area contributed by atoms with Crippen LogP contribution in [0.5, 0.6) is 0 Å². The Morgan fingerprint density at radius 3 is 1.52 bits per heavy atom. The van der Waals surface area contributed by atoms with Gasteiger partial charge in [-0.1, -0.05) is 65.8 Å². The van der Waals surface area contributed by atoms with Gasteiger partial charge >= 0.3 is 0 Å². The Morgan fingerprint density at radius 2 is 1.13 bits per heavy atom. The molecule has 31 heavy (non-hydrogen) atoms. The van der Waals surface area contributed by atoms with Crippen molar-refractivity contribution in [3.63, 3.8) is 0 Å². The van der Waals surface area contributed by atoms with Crippen molar-refractivity contribution in [2.24, 2.45) is 0 Å². The maximum Gasteiger partial charge on any atom is 0.254 e. The summed E-state index contributed by atoms with van der Waals surface area (Å²) >= 11 is 0. The van der Waals surface area contributed by atoms with E-state index >= 15 is 0 Å². The molecule has 0 saturated carbocycles. The first-order valence-electron chi connectivity index (χ1n) is 11.2. The van der Waals surface area contributed by atoms with E-state index in [9.17, 15) is 9.59 Å². The first-order chi connectivity index (χ1) is 14.4. The molecule has 3 rings (SSSR count). The van der Waals surface area contributed by atoms with Crippen LogP contribution in [0.1, 0.15) is 80.3 Å². The molecule has 0 N–H and O–H groups in total. The lowest BCUT2D eigenvalue weighted by Crippen LogP contribution is -2.55. The molecule has 166 valence electrons. The highest BCUT2D eigenvalue weighted by Gasteiger charge is 2.31. The molecule has 0 spiro atoms. The van der Waals surface area contributed by atoms with Crippen LogP contribution in [0.3, 0.4) is 0 Å². The molecular weight excluding hydrogens is 384 g/mol. The van der Waals surface area contributed by atoms with Gasteiger partial charge < -0.3 is 9.80 Å². The fourth-order valence-electron chi connectivity index (χ4n) is 4.02. The average Bonchev–Trinajstić information content (AvgIpc) is 2.71. The first kappa shape index (κ1) is 23.1. The first-order valence-corrected chi connectivity index (χ1v) is 11.2. The minimum atomic E-state index is -0.0265. The van der Waals surface area contributed by atoms with Crippen LogP contribution in [0, 0.1) is 0 Å². The van der Waals surface area contributed by atoms with Crippen molar-refractivity contribution < 1.29 is 9.59 Å². The lowest BCUT2D eigenvalue weighted by Gasteiger charge is -2.40. The zero-order valence-electron chi connectivity index (χ0n) is 20.0. The largest absolute Gasteiger partial charge is 0.335 e. The molecule has 0 aliphatic carbocycles. The molecule has 1 saturated heterocycles. The minimum absolute atomic E-state index is 0.0265. The van der Waals surface area contributed by atoms with E-state index in [1.54, 1.807) is 0 Å². The highest BCUT2D eigenvalue weighted by atomic mass is 16.2. The van der Waals surface area contributed by atoms with Gasteiger partial charge in [0.2, 0.25) is 0 Å². The predicted octanol–water partition coefficient (Wildman–Crippen LogP) is 5.27. The van der Waals surface area contributed by atoms with Gasteiger partial charge in [0.15, 0.2) is 0 Å². The van der Waals surface area contributed by atoms with E-state index < -0.39 is 0 Å². The smallest absolute Gasteiger partial charge is 0.254 e. The van der Waals surface area contributed by atoms with Gasteiger partial charge in [-0.15, -0.1) is 0 Å². The van der Waals surface area contributed by atoms with Gasteiger partial charge in [-0.25, -0.2) is 0 Å². The second kappa shape index (κ2) is 8.49. The second-order valence-corrected chi connectivity index (χ2v) is 10.8. The molecule has 4 heteroatoms. The molecule has 1 atom stereocenters. The van der Waals surface area contributed by atoms with Crippen molar-refractivity contribution >= 4 is 11.8 Å². The number of rotatable bonds is 2. The van der Waals surface area contributed by atoms with E-state index in [1.807, 2.05) is 65.3 Å². The summed E-state index contributed by atoms with van der Waals surface area (Å²) in [6.07, 6.45) is 0. The molecule has 0 aromatic heterocycles. The highest BCUT2D eigenvalue weighted by molar-refractivity contribution is 5.96. The van der Waals surface area contributed by atoms with Crippen LogP contribution < -0.4 is 0 Å². The summed E-state index contributed by atoms with van der Waals surface area (Å²) in [5.74, 6) is 0.0727. The predicted molar refractivity (Wildman–Crippen MR) is 127 cm³/mol. The molecule has 2 aromatic rings. The van der Waals surface area contributed by atoms with Crippen molar-refractivity contribution in [2.75, 3.05) is 19.6 Å². The molecule has 1 aliphatic heterocycles. The number of piperazine rings is 1. The van der Waals surface area contributed by atoms with Crippen LogP contribution in [0.15, 0.2) is 48.5 Å². The SMILES string of the molecule is C[C@@H]1CN(C(=O)c2ccc(C(C)(C)C)cc2)CCN1C(=O)c1ccc(C(C)(C)C)cc1. The zero-order valence-corrected chi connectivity index (χ0v) is 20.0. The van der Waals surface area contributed by atoms with E-state index in [0.29, 0.717) is 30.8 Å². The van der Waals surface area contributed by atoms with Crippen LogP contribution in [-0.4, -0.2) is 47.3 Å².